The fourth-order valence-corrected chi connectivity index (χ4v) is 5.88. The second kappa shape index (κ2) is 11.3. The van der Waals surface area contributed by atoms with Crippen LogP contribution in [0.2, 0.25) is 10.0 Å². The molecule has 0 fully saturated rings. The van der Waals surface area contributed by atoms with E-state index in [1.807, 2.05) is 72.5 Å². The van der Waals surface area contributed by atoms with Crippen LogP contribution in [0.4, 0.5) is 11.4 Å². The highest BCUT2D eigenvalue weighted by Gasteiger charge is 2.41. The lowest BCUT2D eigenvalue weighted by Crippen LogP contribution is -2.38. The molecule has 3 aromatic carbocycles. The molecule has 38 heavy (non-hydrogen) atoms. The van der Waals surface area contributed by atoms with E-state index in [4.69, 9.17) is 23.2 Å². The van der Waals surface area contributed by atoms with E-state index >= 15 is 0 Å². The Morgan fingerprint density at radius 1 is 0.947 bits per heavy atom. The van der Waals surface area contributed by atoms with Crippen LogP contribution >= 0.6 is 23.2 Å². The number of hydrogen-bond donors (Lipinski definition) is 1. The van der Waals surface area contributed by atoms with Gasteiger partial charge in [0.2, 0.25) is 5.91 Å². The summed E-state index contributed by atoms with van der Waals surface area (Å²) in [5.74, 6) is 0.0344. The summed E-state index contributed by atoms with van der Waals surface area (Å²) >= 11 is 12.5. The van der Waals surface area contributed by atoms with Crippen LogP contribution in [0.1, 0.15) is 74.1 Å². The molecule has 0 unspecified atom stereocenters. The van der Waals surface area contributed by atoms with Crippen LogP contribution in [0.25, 0.3) is 0 Å². The number of carbonyl (C=O) groups excluding carboxylic acids is 2. The Kier molecular flexibility index (Phi) is 7.92. The van der Waals surface area contributed by atoms with E-state index in [9.17, 15) is 9.59 Å². The number of nitrogens with one attached hydrogen (secondary N) is 1. The SMILES string of the molecule is CCCCCC(=O)N1c2ccccc2NC2=C(C(=O)C[C@H](c3ccc(Cl)c(Cl)c3)C2)[C@@H]1c1ccc(C)cc1. The molecule has 0 saturated carbocycles. The number of anilines is 2. The summed E-state index contributed by atoms with van der Waals surface area (Å²) < 4.78 is 0. The number of aryl methyl sites for hydroxylation is 1. The number of Topliss-reactive ketones (excluding diaryl/α,β-unsaturated/α-hetero) is 1. The summed E-state index contributed by atoms with van der Waals surface area (Å²) in [5, 5.41) is 4.57. The topological polar surface area (TPSA) is 49.4 Å². The van der Waals surface area contributed by atoms with Gasteiger partial charge in [-0.05, 0) is 61.1 Å². The minimum atomic E-state index is -0.502. The maximum Gasteiger partial charge on any atom is 0.227 e. The van der Waals surface area contributed by atoms with Crippen LogP contribution < -0.4 is 10.2 Å². The lowest BCUT2D eigenvalue weighted by atomic mass is 9.78. The average molecular weight is 548 g/mol. The van der Waals surface area contributed by atoms with E-state index in [1.165, 1.54) is 0 Å². The van der Waals surface area contributed by atoms with Gasteiger partial charge in [-0.25, -0.2) is 0 Å². The first kappa shape index (κ1) is 26.5. The van der Waals surface area contributed by atoms with Gasteiger partial charge in [0.1, 0.15) is 0 Å². The number of ketones is 1. The Balaban J connectivity index is 1.65. The van der Waals surface area contributed by atoms with Crippen molar-refractivity contribution >= 4 is 46.3 Å². The van der Waals surface area contributed by atoms with Gasteiger partial charge in [0, 0.05) is 24.1 Å². The van der Waals surface area contributed by atoms with Gasteiger partial charge in [-0.15, -0.1) is 0 Å². The predicted molar refractivity (Wildman–Crippen MR) is 156 cm³/mol. The Hall–Kier alpha value is -3.08. The molecule has 1 N–H and O–H groups in total. The fourth-order valence-electron chi connectivity index (χ4n) is 5.58. The van der Waals surface area contributed by atoms with Gasteiger partial charge >= 0.3 is 0 Å². The third-order valence-corrected chi connectivity index (χ3v) is 8.30. The summed E-state index contributed by atoms with van der Waals surface area (Å²) in [6.07, 6.45) is 4.26. The lowest BCUT2D eigenvalue weighted by Gasteiger charge is -2.35. The van der Waals surface area contributed by atoms with Crippen molar-refractivity contribution in [2.75, 3.05) is 10.2 Å². The van der Waals surface area contributed by atoms with Crippen LogP contribution in [0, 0.1) is 6.92 Å². The number of allylic oxidation sites excluding steroid dienone is 1. The maximum absolute atomic E-state index is 14.1. The molecular weight excluding hydrogens is 515 g/mol. The van der Waals surface area contributed by atoms with Crippen molar-refractivity contribution in [3.8, 4) is 0 Å². The van der Waals surface area contributed by atoms with Crippen molar-refractivity contribution in [3.63, 3.8) is 0 Å². The highest BCUT2D eigenvalue weighted by Crippen LogP contribution is 2.48. The number of unbranched alkanes of at least 4 members (excludes halogenated alkanes) is 2. The third-order valence-electron chi connectivity index (χ3n) is 7.56. The standard InChI is InChI=1S/C32H32Cl2N2O2/c1-3-4-5-10-30(38)36-28-9-7-6-8-26(28)35-27-18-23(22-15-16-24(33)25(34)17-22)19-29(37)31(27)32(36)21-13-11-20(2)12-14-21/h6-9,11-17,23,32,35H,3-5,10,18-19H2,1-2H3/t23-,32+/m1/s1. The molecule has 0 saturated heterocycles. The monoisotopic (exact) mass is 546 g/mol. The molecule has 0 radical (unpaired) electrons. The van der Waals surface area contributed by atoms with Crippen LogP contribution in [0.3, 0.4) is 0 Å². The van der Waals surface area contributed by atoms with Gasteiger partial charge in [0.05, 0.1) is 27.5 Å². The van der Waals surface area contributed by atoms with Gasteiger partial charge in [-0.1, -0.05) is 91.0 Å². The fraction of sp³-hybridized carbons (Fsp3) is 0.312. The molecule has 1 aliphatic carbocycles. The Morgan fingerprint density at radius 3 is 2.42 bits per heavy atom. The molecule has 5 rings (SSSR count). The molecule has 0 spiro atoms. The summed E-state index contributed by atoms with van der Waals surface area (Å²) in [7, 11) is 0. The molecule has 3 aromatic rings. The van der Waals surface area contributed by atoms with Crippen LogP contribution in [0.5, 0.6) is 0 Å². The van der Waals surface area contributed by atoms with E-state index in [0.29, 0.717) is 34.9 Å². The minimum Gasteiger partial charge on any atom is -0.357 e. The minimum absolute atomic E-state index is 0.0337. The lowest BCUT2D eigenvalue weighted by molar-refractivity contribution is -0.119. The predicted octanol–water partition coefficient (Wildman–Crippen LogP) is 8.78. The van der Waals surface area contributed by atoms with E-state index in [0.717, 1.165) is 53.0 Å². The van der Waals surface area contributed by atoms with Gasteiger partial charge in [0.25, 0.3) is 0 Å². The van der Waals surface area contributed by atoms with E-state index < -0.39 is 6.04 Å². The molecule has 0 bridgehead atoms. The van der Waals surface area contributed by atoms with Crippen molar-refractivity contribution in [1.29, 1.82) is 0 Å². The largest absolute Gasteiger partial charge is 0.357 e. The zero-order valence-electron chi connectivity index (χ0n) is 21.8. The Morgan fingerprint density at radius 2 is 1.68 bits per heavy atom. The molecule has 2 aliphatic rings. The number of nitrogens with zero attached hydrogens (tertiary/aromatic N) is 1. The average Bonchev–Trinajstić information content (AvgIpc) is 3.05. The smallest absolute Gasteiger partial charge is 0.227 e. The van der Waals surface area contributed by atoms with Crippen LogP contribution in [-0.4, -0.2) is 11.7 Å². The van der Waals surface area contributed by atoms with Gasteiger partial charge < -0.3 is 5.32 Å². The van der Waals surface area contributed by atoms with Gasteiger partial charge in [0.15, 0.2) is 5.78 Å². The number of para-hydroxylation sites is 2. The van der Waals surface area contributed by atoms with Crippen molar-refractivity contribution in [3.05, 3.63) is 105 Å². The zero-order valence-corrected chi connectivity index (χ0v) is 23.3. The zero-order chi connectivity index (χ0) is 26.8. The highest BCUT2D eigenvalue weighted by atomic mass is 35.5. The first-order valence-corrected chi connectivity index (χ1v) is 14.1. The van der Waals surface area contributed by atoms with E-state index in [-0.39, 0.29) is 17.6 Å². The van der Waals surface area contributed by atoms with Crippen molar-refractivity contribution < 1.29 is 9.59 Å². The van der Waals surface area contributed by atoms with Crippen LogP contribution in [0.15, 0.2) is 78.0 Å². The molecule has 1 amide bonds. The summed E-state index contributed by atoms with van der Waals surface area (Å²) in [5.41, 5.74) is 6.22. The normalized spacial score (nSPS) is 18.9. The summed E-state index contributed by atoms with van der Waals surface area (Å²) in [6, 6.07) is 21.1. The second-order valence-electron chi connectivity index (χ2n) is 10.3. The first-order valence-electron chi connectivity index (χ1n) is 13.3. The Bertz CT molecular complexity index is 1400. The molecule has 0 aromatic heterocycles. The quantitative estimate of drug-likeness (QED) is 0.314. The molecular formula is C32H32Cl2N2O2. The number of amides is 1. The second-order valence-corrected chi connectivity index (χ2v) is 11.1. The van der Waals surface area contributed by atoms with Crippen LogP contribution in [-0.2, 0) is 9.59 Å². The number of fused-ring (bicyclic) bond motifs is 1. The van der Waals surface area contributed by atoms with Gasteiger partial charge in [-0.3, -0.25) is 14.5 Å². The number of hydrogen-bond acceptors (Lipinski definition) is 3. The molecule has 2 atom stereocenters. The van der Waals surface area contributed by atoms with Gasteiger partial charge in [-0.2, -0.15) is 0 Å². The van der Waals surface area contributed by atoms with Crippen molar-refractivity contribution in [2.24, 2.45) is 0 Å². The third kappa shape index (κ3) is 5.25. The van der Waals surface area contributed by atoms with Crippen molar-refractivity contribution in [2.45, 2.75) is 64.3 Å². The number of halogens is 2. The maximum atomic E-state index is 14.1. The molecule has 1 aliphatic heterocycles. The molecule has 4 nitrogen and oxygen atoms in total. The number of benzene rings is 3. The number of carbonyl (C=O) groups is 2. The van der Waals surface area contributed by atoms with Crippen molar-refractivity contribution in [1.82, 2.24) is 0 Å². The summed E-state index contributed by atoms with van der Waals surface area (Å²) in [6.45, 7) is 4.17. The molecule has 1 heterocycles. The summed E-state index contributed by atoms with van der Waals surface area (Å²) in [4.78, 5) is 29.8. The Labute approximate surface area is 234 Å². The van der Waals surface area contributed by atoms with E-state index in [1.54, 1.807) is 6.07 Å². The highest BCUT2D eigenvalue weighted by molar-refractivity contribution is 6.42. The molecule has 196 valence electrons. The number of rotatable bonds is 6. The first-order chi connectivity index (χ1) is 18.4. The van der Waals surface area contributed by atoms with E-state index in [2.05, 4.69) is 12.2 Å². The molecule has 6 heteroatoms.